The largest absolute Gasteiger partial charge is 0.454 e. The lowest BCUT2D eigenvalue weighted by molar-refractivity contribution is -0.384. The number of hydrogen-bond donors (Lipinski definition) is 0. The number of esters is 1. The van der Waals surface area contributed by atoms with Gasteiger partial charge in [-0.05, 0) is 44.5 Å². The minimum atomic E-state index is -0.758. The van der Waals surface area contributed by atoms with Crippen LogP contribution in [0.1, 0.15) is 33.1 Å². The van der Waals surface area contributed by atoms with Crippen molar-refractivity contribution in [3.8, 4) is 5.82 Å². The quantitative estimate of drug-likeness (QED) is 0.175. The molecular weight excluding hydrogens is 426 g/mol. The van der Waals surface area contributed by atoms with Crippen molar-refractivity contribution >= 4 is 35.1 Å². The molecule has 0 unspecified atom stereocenters. The molecule has 31 heavy (non-hydrogen) atoms. The van der Waals surface area contributed by atoms with E-state index in [9.17, 15) is 19.7 Å². The van der Waals surface area contributed by atoms with E-state index in [1.54, 1.807) is 30.5 Å². The highest BCUT2D eigenvalue weighted by atomic mass is 35.5. The molecule has 1 aromatic carbocycles. The van der Waals surface area contributed by atoms with Gasteiger partial charge in [0.15, 0.2) is 12.4 Å². The third kappa shape index (κ3) is 4.89. The van der Waals surface area contributed by atoms with Gasteiger partial charge < -0.3 is 9.26 Å². The first-order valence-electron chi connectivity index (χ1n) is 9.12. The number of rotatable bonds is 7. The number of halogens is 1. The summed E-state index contributed by atoms with van der Waals surface area (Å²) in [5.41, 5.74) is 1.96. The summed E-state index contributed by atoms with van der Waals surface area (Å²) in [4.78, 5) is 34.8. The molecule has 0 aliphatic heterocycles. The molecule has 0 aliphatic carbocycles. The Balaban J connectivity index is 1.66. The summed E-state index contributed by atoms with van der Waals surface area (Å²) in [6.07, 6.45) is 2.43. The highest BCUT2D eigenvalue weighted by molar-refractivity contribution is 6.32. The first kappa shape index (κ1) is 22.0. The topological polar surface area (TPSA) is 117 Å². The molecule has 10 heteroatoms. The zero-order valence-electron chi connectivity index (χ0n) is 16.9. The van der Waals surface area contributed by atoms with Crippen LogP contribution in [0.3, 0.4) is 0 Å². The number of carbonyl (C=O) groups excluding carboxylic acids is 2. The van der Waals surface area contributed by atoms with E-state index in [1.165, 1.54) is 24.3 Å². The Morgan fingerprint density at radius 2 is 2.00 bits per heavy atom. The van der Waals surface area contributed by atoms with E-state index >= 15 is 0 Å². The SMILES string of the molecule is Cc1cc(-n2c(C)cc(C(=O)COC(=O)/C=C/c3ccc(Cl)c([N+](=O)[O-])c3)c2C)no1. The number of carbonyl (C=O) groups is 2. The minimum Gasteiger partial charge on any atom is -0.454 e. The number of aryl methyl sites for hydroxylation is 2. The molecule has 0 atom stereocenters. The molecule has 0 radical (unpaired) electrons. The summed E-state index contributed by atoms with van der Waals surface area (Å²) in [6.45, 7) is 4.91. The third-order valence-electron chi connectivity index (χ3n) is 4.50. The zero-order valence-corrected chi connectivity index (χ0v) is 17.7. The van der Waals surface area contributed by atoms with Crippen molar-refractivity contribution in [3.63, 3.8) is 0 Å². The molecule has 0 bridgehead atoms. The molecular formula is C21H18ClN3O6. The Morgan fingerprint density at radius 1 is 1.26 bits per heavy atom. The monoisotopic (exact) mass is 443 g/mol. The number of Topliss-reactive ketones (excluding diaryl/α,β-unsaturated/α-hetero) is 1. The van der Waals surface area contributed by atoms with Crippen LogP contribution < -0.4 is 0 Å². The van der Waals surface area contributed by atoms with Crippen molar-refractivity contribution in [1.82, 2.24) is 9.72 Å². The van der Waals surface area contributed by atoms with Crippen LogP contribution in [-0.4, -0.2) is 33.0 Å². The number of hydrogen-bond acceptors (Lipinski definition) is 7. The van der Waals surface area contributed by atoms with Crippen LogP contribution in [-0.2, 0) is 9.53 Å². The zero-order chi connectivity index (χ0) is 22.7. The maximum Gasteiger partial charge on any atom is 0.331 e. The Kier molecular flexibility index (Phi) is 6.36. The Morgan fingerprint density at radius 3 is 2.65 bits per heavy atom. The molecule has 160 valence electrons. The van der Waals surface area contributed by atoms with E-state index < -0.39 is 17.5 Å². The van der Waals surface area contributed by atoms with Gasteiger partial charge in [-0.1, -0.05) is 22.8 Å². The highest BCUT2D eigenvalue weighted by Gasteiger charge is 2.19. The van der Waals surface area contributed by atoms with E-state index in [0.717, 1.165) is 11.8 Å². The second-order valence-corrected chi connectivity index (χ2v) is 7.16. The normalized spacial score (nSPS) is 11.1. The van der Waals surface area contributed by atoms with Gasteiger partial charge in [0.05, 0.1) is 4.92 Å². The fourth-order valence-corrected chi connectivity index (χ4v) is 3.24. The molecule has 9 nitrogen and oxygen atoms in total. The van der Waals surface area contributed by atoms with Crippen LogP contribution in [0.2, 0.25) is 5.02 Å². The highest BCUT2D eigenvalue weighted by Crippen LogP contribution is 2.25. The maximum absolute atomic E-state index is 12.6. The summed E-state index contributed by atoms with van der Waals surface area (Å²) in [6, 6.07) is 7.56. The van der Waals surface area contributed by atoms with E-state index in [1.807, 2.05) is 6.92 Å². The van der Waals surface area contributed by atoms with Gasteiger partial charge in [-0.15, -0.1) is 0 Å². The fraction of sp³-hybridized carbons (Fsp3) is 0.190. The Hall–Kier alpha value is -3.72. The number of aromatic nitrogens is 2. The van der Waals surface area contributed by atoms with Crippen LogP contribution >= 0.6 is 11.6 Å². The van der Waals surface area contributed by atoms with Crippen molar-refractivity contribution in [2.75, 3.05) is 6.61 Å². The van der Waals surface area contributed by atoms with E-state index in [0.29, 0.717) is 28.4 Å². The van der Waals surface area contributed by atoms with Crippen LogP contribution in [0.15, 0.2) is 40.9 Å². The molecule has 3 aromatic rings. The average Bonchev–Trinajstić information content (AvgIpc) is 3.27. The predicted octanol–water partition coefficient (Wildman–Crippen LogP) is 4.39. The van der Waals surface area contributed by atoms with Gasteiger partial charge in [-0.2, -0.15) is 0 Å². The fourth-order valence-electron chi connectivity index (χ4n) is 3.06. The van der Waals surface area contributed by atoms with Gasteiger partial charge in [0.25, 0.3) is 5.69 Å². The molecule has 0 spiro atoms. The number of ether oxygens (including phenoxy) is 1. The predicted molar refractivity (Wildman–Crippen MR) is 112 cm³/mol. The van der Waals surface area contributed by atoms with E-state index in [-0.39, 0.29) is 16.5 Å². The number of nitro groups is 1. The van der Waals surface area contributed by atoms with Gasteiger partial charge in [0.2, 0.25) is 5.78 Å². The van der Waals surface area contributed by atoms with Crippen molar-refractivity contribution in [2.45, 2.75) is 20.8 Å². The van der Waals surface area contributed by atoms with E-state index in [4.69, 9.17) is 20.9 Å². The van der Waals surface area contributed by atoms with Gasteiger partial charge >= 0.3 is 5.97 Å². The van der Waals surface area contributed by atoms with Crippen molar-refractivity contribution < 1.29 is 23.8 Å². The first-order valence-corrected chi connectivity index (χ1v) is 9.49. The van der Waals surface area contributed by atoms with Gasteiger partial charge in [0, 0.05) is 35.2 Å². The number of nitro benzene ring substituents is 1. The van der Waals surface area contributed by atoms with Gasteiger partial charge in [0.1, 0.15) is 10.8 Å². The second-order valence-electron chi connectivity index (χ2n) is 6.75. The minimum absolute atomic E-state index is 0.00583. The lowest BCUT2D eigenvalue weighted by Gasteiger charge is -2.05. The summed E-state index contributed by atoms with van der Waals surface area (Å²) in [5, 5.41) is 14.9. The molecule has 0 saturated carbocycles. The molecule has 3 rings (SSSR count). The van der Waals surface area contributed by atoms with Crippen LogP contribution in [0.4, 0.5) is 5.69 Å². The van der Waals surface area contributed by atoms with Crippen molar-refractivity contribution in [2.24, 2.45) is 0 Å². The molecule has 2 heterocycles. The summed E-state index contributed by atoms with van der Waals surface area (Å²) in [5.74, 6) is 0.0704. The van der Waals surface area contributed by atoms with Gasteiger partial charge in [-0.3, -0.25) is 19.5 Å². The smallest absolute Gasteiger partial charge is 0.331 e. The molecule has 2 aromatic heterocycles. The average molecular weight is 444 g/mol. The summed E-state index contributed by atoms with van der Waals surface area (Å²) in [7, 11) is 0. The second kappa shape index (κ2) is 8.97. The van der Waals surface area contributed by atoms with E-state index in [2.05, 4.69) is 5.16 Å². The Bertz CT molecular complexity index is 1210. The van der Waals surface area contributed by atoms with Gasteiger partial charge in [-0.25, -0.2) is 4.79 Å². The van der Waals surface area contributed by atoms with Crippen molar-refractivity contribution in [1.29, 1.82) is 0 Å². The standard InChI is InChI=1S/C21H18ClN3O6/c1-12-8-16(14(3)24(12)20-9-13(2)31-23-20)19(26)11-30-21(27)7-5-15-4-6-17(22)18(10-15)25(28)29/h4-10H,11H2,1-3H3/b7-5+. The lowest BCUT2D eigenvalue weighted by Crippen LogP contribution is -2.13. The summed E-state index contributed by atoms with van der Waals surface area (Å²) >= 11 is 5.76. The first-order chi connectivity index (χ1) is 14.7. The van der Waals surface area contributed by atoms with Crippen molar-refractivity contribution in [3.05, 3.63) is 79.8 Å². The maximum atomic E-state index is 12.6. The number of ketones is 1. The van der Waals surface area contributed by atoms with Crippen LogP contribution in [0, 0.1) is 30.9 Å². The molecule has 0 saturated heterocycles. The lowest BCUT2D eigenvalue weighted by atomic mass is 10.1. The van der Waals surface area contributed by atoms with Crippen LogP contribution in [0.25, 0.3) is 11.9 Å². The molecule has 0 fully saturated rings. The number of nitrogens with zero attached hydrogens (tertiary/aromatic N) is 3. The molecule has 0 N–H and O–H groups in total. The Labute approximate surface area is 182 Å². The molecule has 0 aliphatic rings. The van der Waals surface area contributed by atoms with Crippen LogP contribution in [0.5, 0.6) is 0 Å². The molecule has 0 amide bonds. The number of benzene rings is 1. The summed E-state index contributed by atoms with van der Waals surface area (Å²) < 4.78 is 11.9. The third-order valence-corrected chi connectivity index (χ3v) is 4.82.